The van der Waals surface area contributed by atoms with Crippen molar-refractivity contribution in [2.24, 2.45) is 5.92 Å². The summed E-state index contributed by atoms with van der Waals surface area (Å²) in [5.74, 6) is 3.00. The van der Waals surface area contributed by atoms with Crippen molar-refractivity contribution in [3.8, 4) is 6.07 Å². The van der Waals surface area contributed by atoms with Crippen LogP contribution in [0.3, 0.4) is 0 Å². The van der Waals surface area contributed by atoms with E-state index in [9.17, 15) is 10.1 Å². The number of piperidine rings is 1. The van der Waals surface area contributed by atoms with E-state index >= 15 is 0 Å². The van der Waals surface area contributed by atoms with Crippen molar-refractivity contribution < 1.29 is 4.79 Å². The van der Waals surface area contributed by atoms with E-state index in [0.717, 1.165) is 44.0 Å². The third-order valence-corrected chi connectivity index (χ3v) is 5.95. The quantitative estimate of drug-likeness (QED) is 0.599. The lowest BCUT2D eigenvalue weighted by molar-refractivity contribution is -0.135. The lowest BCUT2D eigenvalue weighted by Crippen LogP contribution is -2.47. The fraction of sp³-hybridized carbons (Fsp3) is 0.625. The van der Waals surface area contributed by atoms with Gasteiger partial charge in [-0.3, -0.25) is 4.79 Å². The van der Waals surface area contributed by atoms with Crippen molar-refractivity contribution in [1.82, 2.24) is 14.9 Å². The summed E-state index contributed by atoms with van der Waals surface area (Å²) in [6, 6.07) is 2.18. The van der Waals surface area contributed by atoms with Crippen LogP contribution in [0.4, 0.5) is 5.82 Å². The van der Waals surface area contributed by atoms with Gasteiger partial charge in [0.2, 0.25) is 5.91 Å². The van der Waals surface area contributed by atoms with Crippen LogP contribution in [0.15, 0.2) is 11.4 Å². The van der Waals surface area contributed by atoms with Gasteiger partial charge in [-0.05, 0) is 19.1 Å². The molecule has 128 valence electrons. The standard InChI is InChI=1S/C16H21N5OS2/c1-23-16-18-10-13(9-17)14(19-16)21-4-2-3-12(11-21)15(22)20-5-7-24-8-6-20/h10,12H,2-8,11H2,1H3. The molecule has 1 aromatic rings. The number of thioether (sulfide) groups is 2. The predicted octanol–water partition coefficient (Wildman–Crippen LogP) is 1.86. The molecule has 1 amide bonds. The highest BCUT2D eigenvalue weighted by molar-refractivity contribution is 7.99. The van der Waals surface area contributed by atoms with E-state index in [4.69, 9.17) is 0 Å². The predicted molar refractivity (Wildman–Crippen MR) is 97.4 cm³/mol. The first-order chi connectivity index (χ1) is 11.7. The second-order valence-corrected chi connectivity index (χ2v) is 7.93. The van der Waals surface area contributed by atoms with Crippen molar-refractivity contribution in [2.75, 3.05) is 48.8 Å². The van der Waals surface area contributed by atoms with Crippen molar-refractivity contribution >= 4 is 35.2 Å². The molecule has 2 aliphatic rings. The molecule has 6 nitrogen and oxygen atoms in total. The van der Waals surface area contributed by atoms with Crippen LogP contribution >= 0.6 is 23.5 Å². The summed E-state index contributed by atoms with van der Waals surface area (Å²) in [4.78, 5) is 25.6. The Hall–Kier alpha value is -1.46. The largest absolute Gasteiger partial charge is 0.355 e. The number of nitriles is 1. The summed E-state index contributed by atoms with van der Waals surface area (Å²) in [7, 11) is 0. The normalized spacial score (nSPS) is 21.4. The van der Waals surface area contributed by atoms with Gasteiger partial charge in [-0.25, -0.2) is 9.97 Å². The Morgan fingerprint density at radius 2 is 2.21 bits per heavy atom. The van der Waals surface area contributed by atoms with Gasteiger partial charge in [0.15, 0.2) is 11.0 Å². The maximum absolute atomic E-state index is 12.8. The zero-order valence-corrected chi connectivity index (χ0v) is 15.4. The zero-order valence-electron chi connectivity index (χ0n) is 13.8. The number of nitrogens with zero attached hydrogens (tertiary/aromatic N) is 5. The number of hydrogen-bond acceptors (Lipinski definition) is 7. The molecule has 3 heterocycles. The highest BCUT2D eigenvalue weighted by Crippen LogP contribution is 2.27. The third-order valence-electron chi connectivity index (χ3n) is 4.44. The molecule has 0 aromatic carbocycles. The van der Waals surface area contributed by atoms with E-state index < -0.39 is 0 Å². The number of amides is 1. The Kier molecular flexibility index (Phi) is 5.85. The molecular weight excluding hydrogens is 342 g/mol. The van der Waals surface area contributed by atoms with Crippen LogP contribution in [0.2, 0.25) is 0 Å². The molecule has 2 fully saturated rings. The Morgan fingerprint density at radius 1 is 1.42 bits per heavy atom. The minimum atomic E-state index is 0.00101. The fourth-order valence-electron chi connectivity index (χ4n) is 3.19. The second kappa shape index (κ2) is 8.08. The summed E-state index contributed by atoms with van der Waals surface area (Å²) < 4.78 is 0. The van der Waals surface area contributed by atoms with Gasteiger partial charge in [0.05, 0.1) is 12.1 Å². The van der Waals surface area contributed by atoms with E-state index in [1.165, 1.54) is 11.8 Å². The molecule has 3 rings (SSSR count). The maximum atomic E-state index is 12.8. The highest BCUT2D eigenvalue weighted by Gasteiger charge is 2.31. The molecule has 1 unspecified atom stereocenters. The van der Waals surface area contributed by atoms with Gasteiger partial charge in [0, 0.05) is 37.7 Å². The summed E-state index contributed by atoms with van der Waals surface area (Å²) in [5, 5.41) is 10.0. The van der Waals surface area contributed by atoms with Gasteiger partial charge in [-0.2, -0.15) is 17.0 Å². The minimum absolute atomic E-state index is 0.00101. The van der Waals surface area contributed by atoms with Gasteiger partial charge in [-0.1, -0.05) is 11.8 Å². The van der Waals surface area contributed by atoms with E-state index in [2.05, 4.69) is 20.9 Å². The van der Waals surface area contributed by atoms with Crippen LogP contribution < -0.4 is 4.90 Å². The molecule has 0 N–H and O–H groups in total. The molecule has 8 heteroatoms. The minimum Gasteiger partial charge on any atom is -0.355 e. The number of carbonyl (C=O) groups is 1. The molecule has 0 aliphatic carbocycles. The number of rotatable bonds is 3. The van der Waals surface area contributed by atoms with Crippen LogP contribution in [0.5, 0.6) is 0 Å². The molecule has 0 bridgehead atoms. The molecular formula is C16H21N5OS2. The molecule has 0 saturated carbocycles. The summed E-state index contributed by atoms with van der Waals surface area (Å²) >= 11 is 3.37. The van der Waals surface area contributed by atoms with E-state index in [-0.39, 0.29) is 11.8 Å². The summed E-state index contributed by atoms with van der Waals surface area (Å²) in [6.45, 7) is 3.18. The van der Waals surface area contributed by atoms with Crippen LogP contribution in [-0.4, -0.2) is 64.7 Å². The second-order valence-electron chi connectivity index (χ2n) is 5.93. The van der Waals surface area contributed by atoms with Crippen molar-refractivity contribution in [3.63, 3.8) is 0 Å². The molecule has 0 spiro atoms. The molecule has 1 atom stereocenters. The lowest BCUT2D eigenvalue weighted by atomic mass is 9.96. The Morgan fingerprint density at radius 3 is 2.92 bits per heavy atom. The summed E-state index contributed by atoms with van der Waals surface area (Å²) in [6.07, 6.45) is 5.37. The monoisotopic (exact) mass is 363 g/mol. The Balaban J connectivity index is 1.76. The number of carbonyl (C=O) groups excluding carboxylic acids is 1. The fourth-order valence-corrected chi connectivity index (χ4v) is 4.43. The first kappa shape index (κ1) is 17.4. The van der Waals surface area contributed by atoms with Crippen LogP contribution in [0.25, 0.3) is 0 Å². The average molecular weight is 364 g/mol. The van der Waals surface area contributed by atoms with E-state index in [1.807, 2.05) is 22.9 Å². The third kappa shape index (κ3) is 3.78. The lowest BCUT2D eigenvalue weighted by Gasteiger charge is -2.36. The van der Waals surface area contributed by atoms with Gasteiger partial charge < -0.3 is 9.80 Å². The average Bonchev–Trinajstić information content (AvgIpc) is 2.67. The van der Waals surface area contributed by atoms with Crippen molar-refractivity contribution in [2.45, 2.75) is 18.0 Å². The topological polar surface area (TPSA) is 73.1 Å². The summed E-state index contributed by atoms with van der Waals surface area (Å²) in [5.41, 5.74) is 0.482. The first-order valence-electron chi connectivity index (χ1n) is 8.15. The molecule has 24 heavy (non-hydrogen) atoms. The van der Waals surface area contributed by atoms with Crippen LogP contribution in [0, 0.1) is 17.2 Å². The van der Waals surface area contributed by atoms with Gasteiger partial charge >= 0.3 is 0 Å². The zero-order chi connectivity index (χ0) is 16.9. The molecule has 2 aliphatic heterocycles. The smallest absolute Gasteiger partial charge is 0.227 e. The van der Waals surface area contributed by atoms with Crippen molar-refractivity contribution in [3.05, 3.63) is 11.8 Å². The highest BCUT2D eigenvalue weighted by atomic mass is 32.2. The number of aromatic nitrogens is 2. The molecule has 0 radical (unpaired) electrons. The SMILES string of the molecule is CSc1ncc(C#N)c(N2CCCC(C(=O)N3CCSCC3)C2)n1. The molecule has 1 aromatic heterocycles. The number of hydrogen-bond donors (Lipinski definition) is 0. The van der Waals surface area contributed by atoms with E-state index in [0.29, 0.717) is 23.1 Å². The van der Waals surface area contributed by atoms with E-state index in [1.54, 1.807) is 6.20 Å². The first-order valence-corrected chi connectivity index (χ1v) is 10.5. The molecule has 2 saturated heterocycles. The van der Waals surface area contributed by atoms with Crippen LogP contribution in [0.1, 0.15) is 18.4 Å². The Labute approximate surface area is 151 Å². The van der Waals surface area contributed by atoms with Gasteiger partial charge in [-0.15, -0.1) is 0 Å². The van der Waals surface area contributed by atoms with Crippen LogP contribution in [-0.2, 0) is 4.79 Å². The van der Waals surface area contributed by atoms with Gasteiger partial charge in [0.25, 0.3) is 0 Å². The number of anilines is 1. The maximum Gasteiger partial charge on any atom is 0.227 e. The van der Waals surface area contributed by atoms with Crippen molar-refractivity contribution in [1.29, 1.82) is 5.26 Å². The van der Waals surface area contributed by atoms with Gasteiger partial charge in [0.1, 0.15) is 11.6 Å². The Bertz CT molecular complexity index is 642.